The van der Waals surface area contributed by atoms with E-state index in [4.69, 9.17) is 4.74 Å². The molecule has 1 N–H and O–H groups in total. The molecule has 0 aliphatic carbocycles. The maximum atomic E-state index is 13.2. The van der Waals surface area contributed by atoms with Crippen molar-refractivity contribution in [3.63, 3.8) is 0 Å². The zero-order valence-electron chi connectivity index (χ0n) is 31.5. The van der Waals surface area contributed by atoms with E-state index in [2.05, 4.69) is 32.0 Å². The standard InChI is InChI=1S/C22H22N2O3.C17H14N2O2.C5H9BrO.2CH4/c1-14-10-18-19(12-21(14)27-9-5-6-15(2)25)23-13-17-11-16-7-3-4-8-20(16)24(17)22(18)26;1-10-6-13-14(8-16(10)20)18-9-12-7-11-4-2-3-5-15(11)19(12)17(13)21;1-5(7)3-2-4-6;;/h3-4,7-8,10,12-13,17H,5-6,9,11H2,1-2H3;2-6,8-9,12,20H,7H2,1H3;2-4H2,1H3;2*1H4/t17-;12-;;;/m00.../s1. The van der Waals surface area contributed by atoms with Crippen LogP contribution < -0.4 is 14.5 Å². The van der Waals surface area contributed by atoms with Crippen LogP contribution in [0.15, 0.2) is 82.8 Å². The van der Waals surface area contributed by atoms with Crippen LogP contribution in [0.3, 0.4) is 0 Å². The Hall–Kier alpha value is -5.42. The number of halogens is 1. The van der Waals surface area contributed by atoms with Crippen LogP contribution in [-0.2, 0) is 22.4 Å². The van der Waals surface area contributed by atoms with Crippen molar-refractivity contribution >= 4 is 74.5 Å². The summed E-state index contributed by atoms with van der Waals surface area (Å²) in [6, 6.07) is 22.8. The SMILES string of the molecule is C.C.CC(=O)CCCBr.CC(=O)CCCOc1cc2c(cc1C)C(=O)N1c3ccccc3C[C@H]1C=N2.Cc1cc2c(cc1O)N=C[C@@H]1Cc3ccccc3N1C2=O. The van der Waals surface area contributed by atoms with Gasteiger partial charge in [-0.15, -0.1) is 0 Å². The number of ketones is 2. The number of carbonyl (C=O) groups is 4. The van der Waals surface area contributed by atoms with E-state index in [9.17, 15) is 24.3 Å². The summed E-state index contributed by atoms with van der Waals surface area (Å²) in [5.41, 5.74) is 8.16. The van der Waals surface area contributed by atoms with Crippen LogP contribution in [0.1, 0.15) is 97.4 Å². The molecule has 57 heavy (non-hydrogen) atoms. The van der Waals surface area contributed by atoms with E-state index >= 15 is 0 Å². The Morgan fingerprint density at radius 2 is 1.21 bits per heavy atom. The molecule has 0 unspecified atom stereocenters. The van der Waals surface area contributed by atoms with Crippen molar-refractivity contribution in [2.45, 2.75) is 93.2 Å². The second kappa shape index (κ2) is 19.6. The monoisotopic (exact) mass is 836 g/mol. The van der Waals surface area contributed by atoms with Gasteiger partial charge >= 0.3 is 0 Å². The molecule has 0 spiro atoms. The van der Waals surface area contributed by atoms with Gasteiger partial charge in [0.05, 0.1) is 41.2 Å². The number of aliphatic imine (C=N–C) groups is 2. The van der Waals surface area contributed by atoms with Gasteiger partial charge in [0.2, 0.25) is 0 Å². The molecule has 4 aliphatic heterocycles. The lowest BCUT2D eigenvalue weighted by atomic mass is 10.1. The molecule has 4 heterocycles. The predicted octanol–water partition coefficient (Wildman–Crippen LogP) is 10.0. The number of benzene rings is 4. The number of amides is 2. The zero-order chi connectivity index (χ0) is 39.2. The van der Waals surface area contributed by atoms with E-state index in [-0.39, 0.29) is 56.1 Å². The third-order valence-electron chi connectivity index (χ3n) is 9.89. The van der Waals surface area contributed by atoms with E-state index in [0.29, 0.717) is 59.7 Å². The summed E-state index contributed by atoms with van der Waals surface area (Å²) in [4.78, 5) is 60.1. The molecule has 4 aromatic rings. The molecule has 4 aromatic carbocycles. The van der Waals surface area contributed by atoms with Crippen LogP contribution in [0.25, 0.3) is 0 Å². The lowest BCUT2D eigenvalue weighted by Gasteiger charge is -2.21. The Morgan fingerprint density at radius 1 is 0.737 bits per heavy atom. The second-order valence-electron chi connectivity index (χ2n) is 14.1. The summed E-state index contributed by atoms with van der Waals surface area (Å²) in [6.45, 7) is 7.38. The molecule has 11 heteroatoms. The van der Waals surface area contributed by atoms with Crippen LogP contribution in [0, 0.1) is 13.8 Å². The average Bonchev–Trinajstić information content (AvgIpc) is 3.66. The van der Waals surface area contributed by atoms with Gasteiger partial charge < -0.3 is 19.4 Å². The zero-order valence-corrected chi connectivity index (χ0v) is 33.1. The maximum absolute atomic E-state index is 13.2. The van der Waals surface area contributed by atoms with Gasteiger partial charge in [0.15, 0.2) is 0 Å². The number of alkyl halides is 1. The first-order valence-electron chi connectivity index (χ1n) is 18.5. The highest BCUT2D eigenvalue weighted by Crippen LogP contribution is 2.40. The molecular weight excluding hydrogens is 784 g/mol. The molecule has 10 nitrogen and oxygen atoms in total. The largest absolute Gasteiger partial charge is 0.508 e. The topological polar surface area (TPSA) is 129 Å². The third-order valence-corrected chi connectivity index (χ3v) is 10.5. The highest BCUT2D eigenvalue weighted by molar-refractivity contribution is 9.09. The van der Waals surface area contributed by atoms with Gasteiger partial charge in [-0.25, -0.2) is 0 Å². The van der Waals surface area contributed by atoms with Gasteiger partial charge in [-0.1, -0.05) is 67.2 Å². The Morgan fingerprint density at radius 3 is 1.70 bits per heavy atom. The van der Waals surface area contributed by atoms with Crippen LogP contribution in [0.2, 0.25) is 0 Å². The van der Waals surface area contributed by atoms with E-state index in [0.717, 1.165) is 41.5 Å². The van der Waals surface area contributed by atoms with Crippen molar-refractivity contribution in [2.24, 2.45) is 9.98 Å². The van der Waals surface area contributed by atoms with E-state index in [1.807, 2.05) is 72.6 Å². The van der Waals surface area contributed by atoms with E-state index < -0.39 is 0 Å². The number of phenolic OH excluding ortho intramolecular Hbond substituents is 1. The number of hydrogen-bond acceptors (Lipinski definition) is 8. The molecule has 2 amide bonds. The number of rotatable bonds is 8. The Balaban J connectivity index is 0.000000214. The predicted molar refractivity (Wildman–Crippen MR) is 234 cm³/mol. The normalized spacial score (nSPS) is 16.2. The number of anilines is 2. The highest BCUT2D eigenvalue weighted by Gasteiger charge is 2.37. The van der Waals surface area contributed by atoms with E-state index in [1.165, 1.54) is 11.1 Å². The summed E-state index contributed by atoms with van der Waals surface area (Å²) in [5.74, 6) is 1.24. The van der Waals surface area contributed by atoms with Gasteiger partial charge in [-0.2, -0.15) is 0 Å². The Kier molecular flexibility index (Phi) is 15.3. The summed E-state index contributed by atoms with van der Waals surface area (Å²) in [6.07, 6.45) is 8.10. The number of fused-ring (bicyclic) bond motifs is 8. The average molecular weight is 838 g/mol. The first kappa shape index (κ1) is 44.3. The van der Waals surface area contributed by atoms with Crippen molar-refractivity contribution in [1.29, 1.82) is 0 Å². The van der Waals surface area contributed by atoms with Gasteiger partial charge in [0.25, 0.3) is 11.8 Å². The first-order valence-corrected chi connectivity index (χ1v) is 19.7. The summed E-state index contributed by atoms with van der Waals surface area (Å²) >= 11 is 3.23. The number of Topliss-reactive ketones (excluding diaryl/α,β-unsaturated/α-hetero) is 2. The number of ether oxygens (including phenoxy) is 1. The molecule has 0 radical (unpaired) electrons. The number of nitrogens with zero attached hydrogens (tertiary/aromatic N) is 4. The minimum Gasteiger partial charge on any atom is -0.508 e. The van der Waals surface area contributed by atoms with Gasteiger partial charge in [-0.3, -0.25) is 29.4 Å². The number of hydrogen-bond donors (Lipinski definition) is 1. The molecule has 0 bridgehead atoms. The van der Waals surface area contributed by atoms with Crippen LogP contribution >= 0.6 is 15.9 Å². The van der Waals surface area contributed by atoms with Crippen LogP contribution in [0.4, 0.5) is 22.7 Å². The Bertz CT molecular complexity index is 2200. The summed E-state index contributed by atoms with van der Waals surface area (Å²) in [5, 5.41) is 10.8. The molecule has 300 valence electrons. The van der Waals surface area contributed by atoms with Gasteiger partial charge in [-0.05, 0) is 87.1 Å². The smallest absolute Gasteiger partial charge is 0.261 e. The van der Waals surface area contributed by atoms with Crippen molar-refractivity contribution in [3.05, 3.63) is 106 Å². The highest BCUT2D eigenvalue weighted by atomic mass is 79.9. The molecule has 0 fully saturated rings. The van der Waals surface area contributed by atoms with Gasteiger partial charge in [0.1, 0.15) is 23.1 Å². The molecular formula is C46H53BrN4O6. The number of para-hydroxylation sites is 2. The third kappa shape index (κ3) is 9.94. The second-order valence-corrected chi connectivity index (χ2v) is 14.9. The van der Waals surface area contributed by atoms with Gasteiger partial charge in [0, 0.05) is 67.0 Å². The fourth-order valence-corrected chi connectivity index (χ4v) is 7.35. The molecule has 0 aromatic heterocycles. The Labute approximate surface area is 344 Å². The van der Waals surface area contributed by atoms with Crippen molar-refractivity contribution in [2.75, 3.05) is 21.7 Å². The summed E-state index contributed by atoms with van der Waals surface area (Å²) < 4.78 is 5.83. The number of aromatic hydroxyl groups is 1. The van der Waals surface area contributed by atoms with Crippen molar-refractivity contribution < 1.29 is 29.0 Å². The van der Waals surface area contributed by atoms with E-state index in [1.54, 1.807) is 44.0 Å². The minimum absolute atomic E-state index is 0. The fourth-order valence-electron chi connectivity index (χ4n) is 7.07. The first-order chi connectivity index (χ1) is 26.5. The molecule has 0 saturated carbocycles. The van der Waals surface area contributed by atoms with Crippen LogP contribution in [0.5, 0.6) is 11.5 Å². The fraction of sp³-hybridized carbons (Fsp3) is 0.348. The maximum Gasteiger partial charge on any atom is 0.261 e. The molecule has 0 saturated heterocycles. The van der Waals surface area contributed by atoms with Crippen LogP contribution in [-0.4, -0.2) is 64.9 Å². The molecule has 8 rings (SSSR count). The molecule has 2 atom stereocenters. The number of carbonyl (C=O) groups excluding carboxylic acids is 4. The number of aryl methyl sites for hydroxylation is 2. The van der Waals surface area contributed by atoms with Crippen molar-refractivity contribution in [1.82, 2.24) is 0 Å². The molecule has 4 aliphatic rings. The minimum atomic E-state index is -0.0550. The number of phenols is 1. The lowest BCUT2D eigenvalue weighted by Crippen LogP contribution is -2.37. The lowest BCUT2D eigenvalue weighted by molar-refractivity contribution is -0.117. The van der Waals surface area contributed by atoms with Crippen molar-refractivity contribution in [3.8, 4) is 11.5 Å². The summed E-state index contributed by atoms with van der Waals surface area (Å²) in [7, 11) is 0. The quantitative estimate of drug-likeness (QED) is 0.139.